The van der Waals surface area contributed by atoms with E-state index in [1.807, 2.05) is 0 Å². The molecule has 3 N–H and O–H groups in total. The van der Waals surface area contributed by atoms with Crippen molar-refractivity contribution in [2.45, 2.75) is 44.3 Å². The van der Waals surface area contributed by atoms with Crippen molar-refractivity contribution in [1.29, 1.82) is 0 Å². The van der Waals surface area contributed by atoms with Gasteiger partial charge in [0.15, 0.2) is 10.8 Å². The summed E-state index contributed by atoms with van der Waals surface area (Å²) >= 11 is 1.24. The minimum atomic E-state index is -4.58. The monoisotopic (exact) mass is 550 g/mol. The van der Waals surface area contributed by atoms with Crippen LogP contribution in [0.2, 0.25) is 0 Å². The fraction of sp³-hybridized carbons (Fsp3) is 0.522. The molecule has 0 aromatic carbocycles. The van der Waals surface area contributed by atoms with Crippen molar-refractivity contribution in [3.05, 3.63) is 29.2 Å². The lowest BCUT2D eigenvalue weighted by Gasteiger charge is -2.25. The molecule has 1 atom stereocenters. The molecule has 2 amide bonds. The van der Waals surface area contributed by atoms with Gasteiger partial charge in [-0.15, -0.1) is 10.2 Å². The average Bonchev–Trinajstić information content (AvgIpc) is 3.78. The molecule has 2 saturated carbocycles. The lowest BCUT2D eigenvalue weighted by atomic mass is 10.0. The quantitative estimate of drug-likeness (QED) is 0.392. The van der Waals surface area contributed by atoms with Gasteiger partial charge in [-0.3, -0.25) is 18.8 Å². The zero-order valence-electron chi connectivity index (χ0n) is 20.3. The van der Waals surface area contributed by atoms with Gasteiger partial charge in [-0.05, 0) is 31.6 Å². The summed E-state index contributed by atoms with van der Waals surface area (Å²) in [6, 6.07) is 0.539. The summed E-state index contributed by atoms with van der Waals surface area (Å²) in [7, 11) is 1.39. The van der Waals surface area contributed by atoms with E-state index in [-0.39, 0.29) is 42.1 Å². The largest absolute Gasteiger partial charge is 0.481 e. The molecule has 2 aliphatic carbocycles. The van der Waals surface area contributed by atoms with Crippen molar-refractivity contribution in [3.63, 3.8) is 0 Å². The Morgan fingerprint density at radius 1 is 1.24 bits per heavy atom. The number of fused-ring (bicyclic) bond motifs is 1. The van der Waals surface area contributed by atoms with E-state index in [2.05, 4.69) is 31.2 Å². The van der Waals surface area contributed by atoms with Crippen LogP contribution < -0.4 is 20.7 Å². The molecular weight excluding hydrogens is 525 g/mol. The number of halogens is 3. The highest BCUT2D eigenvalue weighted by Crippen LogP contribution is 2.45. The van der Waals surface area contributed by atoms with Crippen LogP contribution in [0.1, 0.15) is 53.3 Å². The molecule has 3 aliphatic rings. The second kappa shape index (κ2) is 9.29. The van der Waals surface area contributed by atoms with Gasteiger partial charge in [0, 0.05) is 37.6 Å². The number of hydrogen-bond donors (Lipinski definition) is 3. The Hall–Kier alpha value is -3.62. The second-order valence-electron chi connectivity index (χ2n) is 9.88. The number of aryl methyl sites for hydroxylation is 1. The Balaban J connectivity index is 1.26. The van der Waals surface area contributed by atoms with E-state index in [4.69, 9.17) is 4.74 Å². The van der Waals surface area contributed by atoms with Crippen molar-refractivity contribution in [3.8, 4) is 5.06 Å². The predicted octanol–water partition coefficient (Wildman–Crippen LogP) is 3.50. The number of nitrogens with one attached hydrogen (secondary N) is 3. The van der Waals surface area contributed by atoms with E-state index in [1.165, 1.54) is 24.7 Å². The van der Waals surface area contributed by atoms with Gasteiger partial charge in [0.05, 0.1) is 11.6 Å². The number of rotatable bonds is 8. The first-order valence-electron chi connectivity index (χ1n) is 12.3. The predicted molar refractivity (Wildman–Crippen MR) is 130 cm³/mol. The standard InChI is InChI=1S/C23H25F3N8O3S/c1-33-16(7-15(32-33)23(24,25)26)29-22-31-28-10-34(22)13-6-14-17(19(36)27-8-11-2-3-11)20(38-21(14)37-9-13)30-18(35)12-4-5-12/h7,10-13H,2-6,8-9H2,1H3,(H,27,36)(H,29,31)(H,30,35). The zero-order valence-corrected chi connectivity index (χ0v) is 21.2. The van der Waals surface area contributed by atoms with E-state index < -0.39 is 11.9 Å². The van der Waals surface area contributed by atoms with Gasteiger partial charge < -0.3 is 20.7 Å². The summed E-state index contributed by atoms with van der Waals surface area (Å²) in [6.45, 7) is 0.798. The molecular formula is C23H25F3N8O3S. The highest BCUT2D eigenvalue weighted by atomic mass is 32.1. The van der Waals surface area contributed by atoms with E-state index in [0.717, 1.165) is 36.4 Å². The third-order valence-electron chi connectivity index (χ3n) is 6.85. The van der Waals surface area contributed by atoms with E-state index in [9.17, 15) is 22.8 Å². The highest BCUT2D eigenvalue weighted by Gasteiger charge is 2.37. The number of thiophene rings is 1. The molecule has 4 heterocycles. The van der Waals surface area contributed by atoms with Gasteiger partial charge in [0.1, 0.15) is 23.8 Å². The molecule has 1 unspecified atom stereocenters. The molecule has 1 aliphatic heterocycles. The zero-order chi connectivity index (χ0) is 26.6. The number of ether oxygens (including phenoxy) is 1. The number of carbonyl (C=O) groups is 2. The average molecular weight is 551 g/mol. The summed E-state index contributed by atoms with van der Waals surface area (Å²) in [6.07, 6.45) is 1.10. The van der Waals surface area contributed by atoms with Crippen LogP contribution in [0.15, 0.2) is 12.4 Å². The molecule has 202 valence electrons. The lowest BCUT2D eigenvalue weighted by Crippen LogP contribution is -2.29. The number of nitrogens with zero attached hydrogens (tertiary/aromatic N) is 5. The van der Waals surface area contributed by atoms with Gasteiger partial charge >= 0.3 is 6.18 Å². The summed E-state index contributed by atoms with van der Waals surface area (Å²) in [5, 5.41) is 21.3. The third kappa shape index (κ3) is 4.93. The number of hydrogen-bond acceptors (Lipinski definition) is 8. The Kier molecular flexibility index (Phi) is 6.04. The second-order valence-corrected chi connectivity index (χ2v) is 10.9. The summed E-state index contributed by atoms with van der Waals surface area (Å²) in [5.74, 6) is 0.386. The maximum absolute atomic E-state index is 13.3. The molecule has 15 heteroatoms. The molecule has 11 nitrogen and oxygen atoms in total. The van der Waals surface area contributed by atoms with Crippen LogP contribution in [0.25, 0.3) is 0 Å². The molecule has 2 fully saturated rings. The molecule has 0 radical (unpaired) electrons. The SMILES string of the molecule is Cn1nc(C(F)(F)F)cc1Nc1nncn1C1COc2sc(NC(=O)C3CC3)c(C(=O)NCC3CC3)c2C1. The van der Waals surface area contributed by atoms with Crippen LogP contribution >= 0.6 is 11.3 Å². The number of alkyl halides is 3. The molecule has 0 spiro atoms. The van der Waals surface area contributed by atoms with E-state index in [1.54, 1.807) is 4.57 Å². The fourth-order valence-corrected chi connectivity index (χ4v) is 5.45. The normalized spacial score (nSPS) is 19.0. The van der Waals surface area contributed by atoms with Crippen LogP contribution in [-0.4, -0.2) is 49.5 Å². The van der Waals surface area contributed by atoms with Crippen molar-refractivity contribution in [2.75, 3.05) is 23.8 Å². The fourth-order valence-electron chi connectivity index (χ4n) is 4.36. The van der Waals surface area contributed by atoms with Crippen molar-refractivity contribution < 1.29 is 27.5 Å². The molecule has 0 bridgehead atoms. The Labute approximate surface area is 218 Å². The molecule has 3 aromatic rings. The van der Waals surface area contributed by atoms with Crippen LogP contribution in [0.5, 0.6) is 5.06 Å². The first kappa shape index (κ1) is 24.7. The first-order chi connectivity index (χ1) is 18.2. The molecule has 3 aromatic heterocycles. The first-order valence-corrected chi connectivity index (χ1v) is 13.1. The smallest absolute Gasteiger partial charge is 0.435 e. The van der Waals surface area contributed by atoms with Crippen LogP contribution in [-0.2, 0) is 24.4 Å². The van der Waals surface area contributed by atoms with E-state index in [0.29, 0.717) is 40.1 Å². The third-order valence-corrected chi connectivity index (χ3v) is 7.91. The van der Waals surface area contributed by atoms with Gasteiger partial charge in [-0.1, -0.05) is 11.3 Å². The van der Waals surface area contributed by atoms with Crippen LogP contribution in [0, 0.1) is 11.8 Å². The van der Waals surface area contributed by atoms with Crippen molar-refractivity contribution in [1.82, 2.24) is 29.9 Å². The van der Waals surface area contributed by atoms with E-state index >= 15 is 0 Å². The lowest BCUT2D eigenvalue weighted by molar-refractivity contribution is -0.141. The van der Waals surface area contributed by atoms with Crippen LogP contribution in [0.3, 0.4) is 0 Å². The molecule has 6 rings (SSSR count). The number of amides is 2. The Morgan fingerprint density at radius 3 is 2.71 bits per heavy atom. The van der Waals surface area contributed by atoms with Gasteiger partial charge in [-0.2, -0.15) is 18.3 Å². The van der Waals surface area contributed by atoms with Gasteiger partial charge in [-0.25, -0.2) is 0 Å². The van der Waals surface area contributed by atoms with Gasteiger partial charge in [0.2, 0.25) is 11.9 Å². The summed E-state index contributed by atoms with van der Waals surface area (Å²) in [5.41, 5.74) is 0.0404. The maximum atomic E-state index is 13.3. The molecule has 38 heavy (non-hydrogen) atoms. The van der Waals surface area contributed by atoms with Crippen molar-refractivity contribution >= 4 is 39.9 Å². The minimum absolute atomic E-state index is 0.0271. The van der Waals surface area contributed by atoms with Gasteiger partial charge in [0.25, 0.3) is 5.91 Å². The maximum Gasteiger partial charge on any atom is 0.435 e. The number of anilines is 3. The minimum Gasteiger partial charge on any atom is -0.481 e. The highest BCUT2D eigenvalue weighted by molar-refractivity contribution is 7.18. The number of carbonyl (C=O) groups excluding carboxylic acids is 2. The topological polar surface area (TPSA) is 128 Å². The Bertz CT molecular complexity index is 1390. The Morgan fingerprint density at radius 2 is 2.03 bits per heavy atom. The summed E-state index contributed by atoms with van der Waals surface area (Å²) in [4.78, 5) is 25.8. The van der Waals surface area contributed by atoms with Crippen molar-refractivity contribution in [2.24, 2.45) is 18.9 Å². The summed E-state index contributed by atoms with van der Waals surface area (Å²) < 4.78 is 48.0. The number of aromatic nitrogens is 5. The molecule has 0 saturated heterocycles. The van der Waals surface area contributed by atoms with Crippen LogP contribution in [0.4, 0.5) is 29.9 Å².